The van der Waals surface area contributed by atoms with E-state index in [4.69, 9.17) is 12.2 Å². The van der Waals surface area contributed by atoms with Crippen LogP contribution in [0.15, 0.2) is 59.5 Å². The van der Waals surface area contributed by atoms with Crippen LogP contribution in [0.2, 0.25) is 0 Å². The first-order valence-corrected chi connectivity index (χ1v) is 9.52. The molecule has 4 rings (SSSR count). The molecule has 1 unspecified atom stereocenters. The summed E-state index contributed by atoms with van der Waals surface area (Å²) in [7, 11) is 1.95. The summed E-state index contributed by atoms with van der Waals surface area (Å²) >= 11 is 6.82. The monoisotopic (exact) mass is 379 g/mol. The van der Waals surface area contributed by atoms with Crippen LogP contribution in [0.5, 0.6) is 0 Å². The number of hydrogen-bond acceptors (Lipinski definition) is 4. The van der Waals surface area contributed by atoms with E-state index in [2.05, 4.69) is 4.98 Å². The van der Waals surface area contributed by atoms with Crippen molar-refractivity contribution in [2.24, 2.45) is 7.05 Å². The number of nitrogens with zero attached hydrogens (tertiary/aromatic N) is 3. The number of carbonyl (C=O) groups excluding carboxylic acids is 1. The summed E-state index contributed by atoms with van der Waals surface area (Å²) in [5.74, 6) is 0.683. The second-order valence-electron chi connectivity index (χ2n) is 6.16. The highest BCUT2D eigenvalue weighted by molar-refractivity contribution is 8.26. The molecule has 1 aromatic heterocycles. The van der Waals surface area contributed by atoms with Crippen LogP contribution >= 0.6 is 24.0 Å². The second-order valence-corrected chi connectivity index (χ2v) is 7.83. The highest BCUT2D eigenvalue weighted by Gasteiger charge is 2.36. The number of amides is 1. The summed E-state index contributed by atoms with van der Waals surface area (Å²) < 4.78 is 2.57. The first-order chi connectivity index (χ1) is 12.6. The second kappa shape index (κ2) is 6.70. The minimum absolute atomic E-state index is 0.0663. The summed E-state index contributed by atoms with van der Waals surface area (Å²) in [5.41, 5.74) is 3.01. The number of imidazole rings is 1. The topological polar surface area (TPSA) is 38.1 Å². The Morgan fingerprint density at radius 1 is 1.12 bits per heavy atom. The molecule has 1 atom stereocenters. The van der Waals surface area contributed by atoms with Crippen molar-refractivity contribution in [1.82, 2.24) is 14.5 Å². The number of fused-ring (bicyclic) bond motifs is 1. The van der Waals surface area contributed by atoms with Crippen LogP contribution in [-0.4, -0.2) is 24.7 Å². The highest BCUT2D eigenvalue weighted by atomic mass is 32.2. The van der Waals surface area contributed by atoms with Crippen LogP contribution in [0, 0.1) is 0 Å². The van der Waals surface area contributed by atoms with Crippen LogP contribution in [-0.2, 0) is 11.8 Å². The Hall–Kier alpha value is -2.44. The Balaban J connectivity index is 1.68. The molecule has 26 heavy (non-hydrogen) atoms. The van der Waals surface area contributed by atoms with Crippen LogP contribution < -0.4 is 0 Å². The van der Waals surface area contributed by atoms with E-state index >= 15 is 0 Å². The molecule has 0 spiro atoms. The summed E-state index contributed by atoms with van der Waals surface area (Å²) in [5, 5.41) is 0. The lowest BCUT2D eigenvalue weighted by molar-refractivity contribution is -0.123. The van der Waals surface area contributed by atoms with Crippen molar-refractivity contribution in [2.75, 3.05) is 0 Å². The van der Waals surface area contributed by atoms with Crippen molar-refractivity contribution in [1.29, 1.82) is 0 Å². The summed E-state index contributed by atoms with van der Waals surface area (Å²) in [6.07, 6.45) is 1.83. The van der Waals surface area contributed by atoms with Crippen molar-refractivity contribution >= 4 is 51.3 Å². The van der Waals surface area contributed by atoms with E-state index in [1.807, 2.05) is 79.2 Å². The molecule has 0 saturated carbocycles. The Kier molecular flexibility index (Phi) is 4.38. The van der Waals surface area contributed by atoms with Gasteiger partial charge in [0.15, 0.2) is 0 Å². The van der Waals surface area contributed by atoms with Crippen molar-refractivity contribution in [2.45, 2.75) is 13.0 Å². The van der Waals surface area contributed by atoms with Crippen LogP contribution in [0.1, 0.15) is 24.4 Å². The third-order valence-electron chi connectivity index (χ3n) is 4.57. The molecular formula is C20H17N3OS2. The predicted molar refractivity (Wildman–Crippen MR) is 111 cm³/mol. The fourth-order valence-corrected chi connectivity index (χ4v) is 4.49. The lowest BCUT2D eigenvalue weighted by atomic mass is 10.1. The smallest absolute Gasteiger partial charge is 0.266 e. The fraction of sp³-hybridized carbons (Fsp3) is 0.150. The largest absolute Gasteiger partial charge is 0.328 e. The van der Waals surface area contributed by atoms with Crippen LogP contribution in [0.3, 0.4) is 0 Å². The summed E-state index contributed by atoms with van der Waals surface area (Å²) in [6.45, 7) is 2.00. The zero-order valence-corrected chi connectivity index (χ0v) is 16.1. The molecule has 2 heterocycles. The number of thiocarbonyl (C=S) groups is 1. The minimum Gasteiger partial charge on any atom is -0.328 e. The Morgan fingerprint density at radius 3 is 2.54 bits per heavy atom. The van der Waals surface area contributed by atoms with Crippen LogP contribution in [0.25, 0.3) is 17.1 Å². The van der Waals surface area contributed by atoms with Gasteiger partial charge in [-0.1, -0.05) is 66.4 Å². The number of rotatable bonds is 3. The molecule has 6 heteroatoms. The lowest BCUT2D eigenvalue weighted by Gasteiger charge is -2.23. The van der Waals surface area contributed by atoms with Gasteiger partial charge in [-0.2, -0.15) is 0 Å². The molecule has 3 aromatic rings. The van der Waals surface area contributed by atoms with E-state index in [0.717, 1.165) is 22.4 Å². The van der Waals surface area contributed by atoms with Crippen molar-refractivity contribution in [3.63, 3.8) is 0 Å². The number of benzene rings is 2. The van der Waals surface area contributed by atoms with Gasteiger partial charge in [0, 0.05) is 13.1 Å². The average Bonchev–Trinajstić information content (AvgIpc) is 3.12. The zero-order chi connectivity index (χ0) is 18.3. The standard InChI is InChI=1S/C20H17N3OS2/c1-13(14-8-4-3-5-9-14)23-19(24)17(26-20(23)25)12-18-21-15-10-6-7-11-16(15)22(18)2/h3-13H,1-2H3/b17-12+. The third-order valence-corrected chi connectivity index (χ3v) is 5.91. The maximum atomic E-state index is 13.0. The SMILES string of the molecule is CC(c1ccccc1)N1C(=O)/C(=C\c2nc3ccccc3n2C)SC1=S. The van der Waals surface area contributed by atoms with Gasteiger partial charge in [-0.05, 0) is 24.6 Å². The van der Waals surface area contributed by atoms with Gasteiger partial charge < -0.3 is 4.57 Å². The normalized spacial score (nSPS) is 17.5. The lowest BCUT2D eigenvalue weighted by Crippen LogP contribution is -2.31. The molecule has 0 aliphatic carbocycles. The van der Waals surface area contributed by atoms with Crippen molar-refractivity contribution in [3.05, 3.63) is 70.9 Å². The number of para-hydroxylation sites is 2. The van der Waals surface area contributed by atoms with Gasteiger partial charge in [0.2, 0.25) is 0 Å². The number of aryl methyl sites for hydroxylation is 1. The fourth-order valence-electron chi connectivity index (χ4n) is 3.10. The first-order valence-electron chi connectivity index (χ1n) is 8.29. The number of aromatic nitrogens is 2. The molecule has 1 aliphatic rings. The van der Waals surface area contributed by atoms with E-state index in [1.54, 1.807) is 4.90 Å². The first kappa shape index (κ1) is 17.0. The summed E-state index contributed by atoms with van der Waals surface area (Å²) in [4.78, 5) is 19.9. The molecular weight excluding hydrogens is 362 g/mol. The van der Waals surface area contributed by atoms with Crippen molar-refractivity contribution < 1.29 is 4.79 Å². The van der Waals surface area contributed by atoms with Gasteiger partial charge in [0.25, 0.3) is 5.91 Å². The molecule has 0 bridgehead atoms. The molecule has 0 N–H and O–H groups in total. The van der Waals surface area contributed by atoms with Crippen molar-refractivity contribution in [3.8, 4) is 0 Å². The molecule has 0 radical (unpaired) electrons. The quantitative estimate of drug-likeness (QED) is 0.495. The molecule has 2 aromatic carbocycles. The predicted octanol–water partition coefficient (Wildman–Crippen LogP) is 4.54. The van der Waals surface area contributed by atoms with Gasteiger partial charge in [0.1, 0.15) is 10.1 Å². The van der Waals surface area contributed by atoms with Gasteiger partial charge in [-0.3, -0.25) is 9.69 Å². The third kappa shape index (κ3) is 2.85. The molecule has 1 saturated heterocycles. The van der Waals surface area contributed by atoms with Gasteiger partial charge in [-0.15, -0.1) is 0 Å². The molecule has 1 fully saturated rings. The van der Waals surface area contributed by atoms with E-state index in [1.165, 1.54) is 11.8 Å². The van der Waals surface area contributed by atoms with E-state index < -0.39 is 0 Å². The Labute approximate surface area is 161 Å². The maximum Gasteiger partial charge on any atom is 0.266 e. The Morgan fingerprint density at radius 2 is 1.81 bits per heavy atom. The summed E-state index contributed by atoms with van der Waals surface area (Å²) in [6, 6.07) is 17.8. The van der Waals surface area contributed by atoms with E-state index in [-0.39, 0.29) is 11.9 Å². The molecule has 130 valence electrons. The molecule has 1 aliphatic heterocycles. The van der Waals surface area contributed by atoms with Crippen LogP contribution in [0.4, 0.5) is 0 Å². The number of thioether (sulfide) groups is 1. The zero-order valence-electron chi connectivity index (χ0n) is 14.4. The molecule has 4 nitrogen and oxygen atoms in total. The number of carbonyl (C=O) groups is 1. The average molecular weight is 380 g/mol. The van der Waals surface area contributed by atoms with Gasteiger partial charge in [0.05, 0.1) is 22.0 Å². The highest BCUT2D eigenvalue weighted by Crippen LogP contribution is 2.38. The van der Waals surface area contributed by atoms with Gasteiger partial charge >= 0.3 is 0 Å². The van der Waals surface area contributed by atoms with Gasteiger partial charge in [-0.25, -0.2) is 4.98 Å². The van der Waals surface area contributed by atoms with E-state index in [9.17, 15) is 4.79 Å². The maximum absolute atomic E-state index is 13.0. The Bertz CT molecular complexity index is 1040. The van der Waals surface area contributed by atoms with E-state index in [0.29, 0.717) is 9.23 Å². The number of hydrogen-bond donors (Lipinski definition) is 0. The molecule has 1 amide bonds. The minimum atomic E-state index is -0.102.